The van der Waals surface area contributed by atoms with Gasteiger partial charge in [-0.1, -0.05) is 34.1 Å². The molecule has 0 aromatic carbocycles. The zero-order valence-corrected chi connectivity index (χ0v) is 12.5. The first-order chi connectivity index (χ1) is 7.85. The smallest absolute Gasteiger partial charge is 0.212 e. The average molecular weight is 261 g/mol. The molecule has 4 heteroatoms. The Morgan fingerprint density at radius 1 is 1.24 bits per heavy atom. The first-order valence-electron chi connectivity index (χ1n) is 6.83. The van der Waals surface area contributed by atoms with Crippen LogP contribution in [-0.4, -0.2) is 31.6 Å². The first kappa shape index (κ1) is 15.0. The van der Waals surface area contributed by atoms with Crippen molar-refractivity contribution in [2.45, 2.75) is 47.0 Å². The maximum absolute atomic E-state index is 12.3. The molecule has 0 aromatic rings. The second kappa shape index (κ2) is 6.19. The average Bonchev–Trinajstić information content (AvgIpc) is 2.15. The maximum atomic E-state index is 12.3. The van der Waals surface area contributed by atoms with E-state index in [0.29, 0.717) is 30.7 Å². The Kier molecular flexibility index (Phi) is 5.45. The molecule has 0 aliphatic carbocycles. The molecule has 0 saturated carbocycles. The molecule has 102 valence electrons. The molecule has 0 unspecified atom stereocenters. The molecular weight excluding hydrogens is 234 g/mol. The minimum atomic E-state index is -3.04. The summed E-state index contributed by atoms with van der Waals surface area (Å²) < 4.78 is 26.3. The van der Waals surface area contributed by atoms with Crippen molar-refractivity contribution in [3.05, 3.63) is 0 Å². The quantitative estimate of drug-likeness (QED) is 0.763. The van der Waals surface area contributed by atoms with Gasteiger partial charge >= 0.3 is 0 Å². The monoisotopic (exact) mass is 261 g/mol. The van der Waals surface area contributed by atoms with Crippen LogP contribution in [0.3, 0.4) is 0 Å². The second-order valence-corrected chi connectivity index (χ2v) is 7.95. The van der Waals surface area contributed by atoms with Crippen LogP contribution in [0.5, 0.6) is 0 Å². The van der Waals surface area contributed by atoms with Gasteiger partial charge in [0.2, 0.25) is 10.0 Å². The van der Waals surface area contributed by atoms with Crippen molar-refractivity contribution in [3.63, 3.8) is 0 Å². The van der Waals surface area contributed by atoms with E-state index < -0.39 is 10.0 Å². The van der Waals surface area contributed by atoms with Crippen molar-refractivity contribution in [2.24, 2.45) is 17.8 Å². The van der Waals surface area contributed by atoms with E-state index >= 15 is 0 Å². The van der Waals surface area contributed by atoms with Crippen LogP contribution < -0.4 is 0 Å². The molecule has 0 spiro atoms. The van der Waals surface area contributed by atoms with Crippen molar-refractivity contribution in [3.8, 4) is 0 Å². The van der Waals surface area contributed by atoms with Crippen LogP contribution in [-0.2, 0) is 10.0 Å². The van der Waals surface area contributed by atoms with E-state index in [2.05, 4.69) is 20.8 Å². The molecule has 1 aliphatic rings. The van der Waals surface area contributed by atoms with Gasteiger partial charge in [0.15, 0.2) is 0 Å². The number of piperidine rings is 1. The predicted molar refractivity (Wildman–Crippen MR) is 72.4 cm³/mol. The number of rotatable bonds is 5. The Bertz CT molecular complexity index is 316. The molecule has 0 amide bonds. The fourth-order valence-corrected chi connectivity index (χ4v) is 4.93. The zero-order chi connectivity index (χ0) is 13.1. The molecule has 0 aromatic heterocycles. The standard InChI is InChI=1S/C13H27NO2S/c1-5-6-11(2)10-17(15,16)14-8-12(3)7-13(4)9-14/h11-13H,5-10H2,1-4H3/t11-,12-,13-/m0/s1. The lowest BCUT2D eigenvalue weighted by molar-refractivity contribution is 0.221. The molecular formula is C13H27NO2S. The number of sulfonamides is 1. The highest BCUT2D eigenvalue weighted by Crippen LogP contribution is 2.24. The minimum absolute atomic E-state index is 0.275. The highest BCUT2D eigenvalue weighted by atomic mass is 32.2. The summed E-state index contributed by atoms with van der Waals surface area (Å²) in [7, 11) is -3.04. The highest BCUT2D eigenvalue weighted by molar-refractivity contribution is 7.89. The van der Waals surface area contributed by atoms with Crippen LogP contribution in [0.25, 0.3) is 0 Å². The van der Waals surface area contributed by atoms with Crippen molar-refractivity contribution >= 4 is 10.0 Å². The Hall–Kier alpha value is -0.0900. The SMILES string of the molecule is CCC[C@H](C)CS(=O)(=O)N1C[C@@H](C)C[C@H](C)C1. The Morgan fingerprint density at radius 3 is 2.24 bits per heavy atom. The van der Waals surface area contributed by atoms with E-state index in [9.17, 15) is 8.42 Å². The van der Waals surface area contributed by atoms with E-state index in [1.54, 1.807) is 4.31 Å². The van der Waals surface area contributed by atoms with E-state index in [1.807, 2.05) is 6.92 Å². The topological polar surface area (TPSA) is 37.4 Å². The molecule has 0 N–H and O–H groups in total. The van der Waals surface area contributed by atoms with E-state index in [-0.39, 0.29) is 5.92 Å². The number of nitrogens with zero attached hydrogens (tertiary/aromatic N) is 1. The Labute approximate surface area is 107 Å². The van der Waals surface area contributed by atoms with Crippen molar-refractivity contribution in [1.29, 1.82) is 0 Å². The fraction of sp³-hybridized carbons (Fsp3) is 1.00. The summed E-state index contributed by atoms with van der Waals surface area (Å²) in [5.41, 5.74) is 0. The lowest BCUT2D eigenvalue weighted by atomic mass is 9.94. The van der Waals surface area contributed by atoms with Crippen LogP contribution in [0.4, 0.5) is 0 Å². The third kappa shape index (κ3) is 4.59. The largest absolute Gasteiger partial charge is 0.214 e. The van der Waals surface area contributed by atoms with Gasteiger partial charge in [-0.3, -0.25) is 0 Å². The van der Waals surface area contributed by atoms with Gasteiger partial charge in [0.25, 0.3) is 0 Å². The highest BCUT2D eigenvalue weighted by Gasteiger charge is 2.31. The van der Waals surface area contributed by atoms with Crippen LogP contribution >= 0.6 is 0 Å². The molecule has 3 nitrogen and oxygen atoms in total. The van der Waals surface area contributed by atoms with Crippen LogP contribution in [0.1, 0.15) is 47.0 Å². The minimum Gasteiger partial charge on any atom is -0.212 e. The van der Waals surface area contributed by atoms with E-state index in [1.165, 1.54) is 0 Å². The molecule has 1 fully saturated rings. The van der Waals surface area contributed by atoms with Crippen molar-refractivity contribution < 1.29 is 8.42 Å². The van der Waals surface area contributed by atoms with E-state index in [0.717, 1.165) is 19.3 Å². The summed E-state index contributed by atoms with van der Waals surface area (Å²) in [6.07, 6.45) is 3.21. The lowest BCUT2D eigenvalue weighted by Crippen LogP contribution is -2.44. The molecule has 0 bridgehead atoms. The van der Waals surface area contributed by atoms with Gasteiger partial charge in [0.05, 0.1) is 5.75 Å². The summed E-state index contributed by atoms with van der Waals surface area (Å²) in [5, 5.41) is 0. The first-order valence-corrected chi connectivity index (χ1v) is 8.43. The van der Waals surface area contributed by atoms with Crippen LogP contribution in [0, 0.1) is 17.8 Å². The molecule has 0 radical (unpaired) electrons. The lowest BCUT2D eigenvalue weighted by Gasteiger charge is -2.34. The summed E-state index contributed by atoms with van der Waals surface area (Å²) in [5.74, 6) is 1.59. The third-order valence-electron chi connectivity index (χ3n) is 3.51. The van der Waals surface area contributed by atoms with Crippen molar-refractivity contribution in [1.82, 2.24) is 4.31 Å². The molecule has 1 saturated heterocycles. The number of hydrogen-bond donors (Lipinski definition) is 0. The van der Waals surface area contributed by atoms with Gasteiger partial charge in [-0.15, -0.1) is 0 Å². The molecule has 17 heavy (non-hydrogen) atoms. The summed E-state index contributed by atoms with van der Waals surface area (Å²) in [6.45, 7) is 9.87. The second-order valence-electron chi connectivity index (χ2n) is 5.94. The molecule has 1 rings (SSSR count). The van der Waals surface area contributed by atoms with Crippen LogP contribution in [0.2, 0.25) is 0 Å². The molecule has 3 atom stereocenters. The van der Waals surface area contributed by atoms with Gasteiger partial charge in [0, 0.05) is 13.1 Å². The van der Waals surface area contributed by atoms with Gasteiger partial charge in [0.1, 0.15) is 0 Å². The van der Waals surface area contributed by atoms with Crippen LogP contribution in [0.15, 0.2) is 0 Å². The zero-order valence-electron chi connectivity index (χ0n) is 11.6. The molecule has 1 aliphatic heterocycles. The number of hydrogen-bond acceptors (Lipinski definition) is 2. The fourth-order valence-electron chi connectivity index (χ4n) is 2.87. The Morgan fingerprint density at radius 2 is 1.76 bits per heavy atom. The van der Waals surface area contributed by atoms with Gasteiger partial charge < -0.3 is 0 Å². The van der Waals surface area contributed by atoms with Gasteiger partial charge in [-0.25, -0.2) is 12.7 Å². The van der Waals surface area contributed by atoms with Gasteiger partial charge in [-0.05, 0) is 30.6 Å². The Balaban J connectivity index is 2.63. The summed E-state index contributed by atoms with van der Waals surface area (Å²) in [4.78, 5) is 0. The predicted octanol–water partition coefficient (Wildman–Crippen LogP) is 2.73. The third-order valence-corrected chi connectivity index (χ3v) is 5.58. The molecule has 1 heterocycles. The van der Waals surface area contributed by atoms with E-state index in [4.69, 9.17) is 0 Å². The van der Waals surface area contributed by atoms with Crippen molar-refractivity contribution in [2.75, 3.05) is 18.8 Å². The maximum Gasteiger partial charge on any atom is 0.214 e. The normalized spacial score (nSPS) is 29.2. The summed E-state index contributed by atoms with van der Waals surface area (Å²) >= 11 is 0. The van der Waals surface area contributed by atoms with Gasteiger partial charge in [-0.2, -0.15) is 0 Å². The summed E-state index contributed by atoms with van der Waals surface area (Å²) in [6, 6.07) is 0.